The second kappa shape index (κ2) is 5.34. The molecule has 0 bridgehead atoms. The number of rotatable bonds is 4. The van der Waals surface area contributed by atoms with Crippen LogP contribution in [0.5, 0.6) is 0 Å². The van der Waals surface area contributed by atoms with Gasteiger partial charge < -0.3 is 11.1 Å². The Morgan fingerprint density at radius 1 is 1.29 bits per heavy atom. The van der Waals surface area contributed by atoms with Crippen molar-refractivity contribution < 1.29 is 0 Å². The fraction of sp³-hybridized carbons (Fsp3) is 0.692. The molecule has 17 heavy (non-hydrogen) atoms. The summed E-state index contributed by atoms with van der Waals surface area (Å²) in [4.78, 5) is 8.77. The summed E-state index contributed by atoms with van der Waals surface area (Å²) in [5, 5.41) is 3.30. The molecule has 0 saturated heterocycles. The van der Waals surface area contributed by atoms with Gasteiger partial charge in [0.1, 0.15) is 17.5 Å². The van der Waals surface area contributed by atoms with E-state index in [1.165, 1.54) is 0 Å². The molecule has 4 heteroatoms. The predicted molar refractivity (Wildman–Crippen MR) is 73.1 cm³/mol. The van der Waals surface area contributed by atoms with E-state index in [0.29, 0.717) is 11.7 Å². The summed E-state index contributed by atoms with van der Waals surface area (Å²) in [5.41, 5.74) is 5.72. The van der Waals surface area contributed by atoms with Crippen molar-refractivity contribution in [1.29, 1.82) is 0 Å². The highest BCUT2D eigenvalue weighted by Gasteiger charge is 2.18. The largest absolute Gasteiger partial charge is 0.384 e. The van der Waals surface area contributed by atoms with Crippen LogP contribution >= 0.6 is 0 Å². The van der Waals surface area contributed by atoms with E-state index in [-0.39, 0.29) is 5.41 Å². The van der Waals surface area contributed by atoms with Gasteiger partial charge in [-0.2, -0.15) is 0 Å². The lowest BCUT2D eigenvalue weighted by Crippen LogP contribution is -2.18. The molecule has 1 rings (SSSR count). The van der Waals surface area contributed by atoms with Gasteiger partial charge in [0.25, 0.3) is 0 Å². The molecule has 1 aromatic rings. The third-order valence-electron chi connectivity index (χ3n) is 2.44. The van der Waals surface area contributed by atoms with E-state index in [0.717, 1.165) is 24.6 Å². The number of nitrogens with one attached hydrogen (secondary N) is 1. The van der Waals surface area contributed by atoms with Crippen LogP contribution in [0, 0.1) is 5.92 Å². The summed E-state index contributed by atoms with van der Waals surface area (Å²) in [7, 11) is 0. The SMILES string of the molecule is CC(C)CCNc1cc(N)nc(C(C)(C)C)n1. The van der Waals surface area contributed by atoms with E-state index in [2.05, 4.69) is 49.9 Å². The lowest BCUT2D eigenvalue weighted by molar-refractivity contribution is 0.546. The zero-order chi connectivity index (χ0) is 13.1. The van der Waals surface area contributed by atoms with Gasteiger partial charge in [0, 0.05) is 18.0 Å². The molecule has 0 aliphatic rings. The maximum absolute atomic E-state index is 5.80. The van der Waals surface area contributed by atoms with Crippen molar-refractivity contribution in [2.24, 2.45) is 5.92 Å². The Balaban J connectivity index is 2.76. The zero-order valence-electron chi connectivity index (χ0n) is 11.5. The first-order valence-corrected chi connectivity index (χ1v) is 6.18. The van der Waals surface area contributed by atoms with Crippen molar-refractivity contribution in [3.8, 4) is 0 Å². The van der Waals surface area contributed by atoms with Crippen LogP contribution < -0.4 is 11.1 Å². The van der Waals surface area contributed by atoms with Crippen LogP contribution in [0.4, 0.5) is 11.6 Å². The summed E-state index contributed by atoms with van der Waals surface area (Å²) >= 11 is 0. The molecular formula is C13H24N4. The molecule has 0 aromatic carbocycles. The quantitative estimate of drug-likeness (QED) is 0.843. The topological polar surface area (TPSA) is 63.8 Å². The molecule has 0 saturated carbocycles. The number of aromatic nitrogens is 2. The average Bonchev–Trinajstić information content (AvgIpc) is 2.14. The number of anilines is 2. The lowest BCUT2D eigenvalue weighted by Gasteiger charge is -2.18. The highest BCUT2D eigenvalue weighted by Crippen LogP contribution is 2.21. The Bertz CT molecular complexity index is 366. The number of nitrogens with zero attached hydrogens (tertiary/aromatic N) is 2. The molecule has 3 N–H and O–H groups in total. The molecule has 96 valence electrons. The predicted octanol–water partition coefficient (Wildman–Crippen LogP) is 2.81. The molecule has 0 spiro atoms. The van der Waals surface area contributed by atoms with Crippen molar-refractivity contribution >= 4 is 11.6 Å². The van der Waals surface area contributed by atoms with Gasteiger partial charge in [0.15, 0.2) is 0 Å². The molecule has 0 aliphatic carbocycles. The van der Waals surface area contributed by atoms with E-state index in [9.17, 15) is 0 Å². The van der Waals surface area contributed by atoms with Gasteiger partial charge in [0.2, 0.25) is 0 Å². The highest BCUT2D eigenvalue weighted by atomic mass is 15.1. The average molecular weight is 236 g/mol. The Kier molecular flexibility index (Phi) is 4.32. The molecule has 0 radical (unpaired) electrons. The highest BCUT2D eigenvalue weighted by molar-refractivity contribution is 5.45. The molecule has 0 aliphatic heterocycles. The maximum atomic E-state index is 5.80. The van der Waals surface area contributed by atoms with Gasteiger partial charge in [0.05, 0.1) is 0 Å². The first-order valence-electron chi connectivity index (χ1n) is 6.18. The van der Waals surface area contributed by atoms with Crippen LogP contribution in [0.3, 0.4) is 0 Å². The second-order valence-corrected chi connectivity index (χ2v) is 5.86. The molecule has 1 heterocycles. The number of hydrogen-bond acceptors (Lipinski definition) is 4. The minimum Gasteiger partial charge on any atom is -0.384 e. The summed E-state index contributed by atoms with van der Waals surface area (Å²) in [6.45, 7) is 11.6. The summed E-state index contributed by atoms with van der Waals surface area (Å²) < 4.78 is 0. The van der Waals surface area contributed by atoms with Crippen LogP contribution in [0.2, 0.25) is 0 Å². The standard InChI is InChI=1S/C13H24N4/c1-9(2)6-7-15-11-8-10(14)16-12(17-11)13(3,4)5/h8-9H,6-7H2,1-5H3,(H3,14,15,16,17). The smallest absolute Gasteiger partial charge is 0.138 e. The molecule has 0 amide bonds. The van der Waals surface area contributed by atoms with Gasteiger partial charge >= 0.3 is 0 Å². The first kappa shape index (κ1) is 13.7. The normalized spacial score (nSPS) is 11.9. The van der Waals surface area contributed by atoms with Gasteiger partial charge in [-0.15, -0.1) is 0 Å². The number of hydrogen-bond donors (Lipinski definition) is 2. The summed E-state index contributed by atoms with van der Waals surface area (Å²) in [6, 6.07) is 1.79. The van der Waals surface area contributed by atoms with E-state index in [1.54, 1.807) is 6.07 Å². The van der Waals surface area contributed by atoms with E-state index in [4.69, 9.17) is 5.73 Å². The Morgan fingerprint density at radius 3 is 2.47 bits per heavy atom. The van der Waals surface area contributed by atoms with E-state index < -0.39 is 0 Å². The van der Waals surface area contributed by atoms with Crippen molar-refractivity contribution in [3.63, 3.8) is 0 Å². The van der Waals surface area contributed by atoms with E-state index >= 15 is 0 Å². The van der Waals surface area contributed by atoms with Crippen LogP contribution in [-0.4, -0.2) is 16.5 Å². The number of nitrogens with two attached hydrogens (primary N) is 1. The van der Waals surface area contributed by atoms with Gasteiger partial charge in [-0.25, -0.2) is 9.97 Å². The molecule has 0 fully saturated rings. The van der Waals surface area contributed by atoms with Crippen molar-refractivity contribution in [2.75, 3.05) is 17.6 Å². The lowest BCUT2D eigenvalue weighted by atomic mass is 9.96. The first-order chi connectivity index (χ1) is 7.79. The van der Waals surface area contributed by atoms with Crippen LogP contribution in [0.15, 0.2) is 6.07 Å². The molecule has 1 aromatic heterocycles. The monoisotopic (exact) mass is 236 g/mol. The third kappa shape index (κ3) is 4.59. The van der Waals surface area contributed by atoms with Crippen molar-refractivity contribution in [3.05, 3.63) is 11.9 Å². The molecular weight excluding hydrogens is 212 g/mol. The van der Waals surface area contributed by atoms with Crippen molar-refractivity contribution in [1.82, 2.24) is 9.97 Å². The molecule has 0 unspecified atom stereocenters. The summed E-state index contributed by atoms with van der Waals surface area (Å²) in [6.07, 6.45) is 1.12. The Labute approximate surface area is 104 Å². The van der Waals surface area contributed by atoms with Gasteiger partial charge in [-0.3, -0.25) is 0 Å². The number of nitrogen functional groups attached to an aromatic ring is 1. The van der Waals surface area contributed by atoms with Crippen molar-refractivity contribution in [2.45, 2.75) is 46.5 Å². The minimum absolute atomic E-state index is 0.0795. The van der Waals surface area contributed by atoms with E-state index in [1.807, 2.05) is 0 Å². The Morgan fingerprint density at radius 2 is 1.94 bits per heavy atom. The van der Waals surface area contributed by atoms with Crippen LogP contribution in [0.1, 0.15) is 46.9 Å². The maximum Gasteiger partial charge on any atom is 0.138 e. The second-order valence-electron chi connectivity index (χ2n) is 5.86. The Hall–Kier alpha value is -1.32. The fourth-order valence-electron chi connectivity index (χ4n) is 1.38. The zero-order valence-corrected chi connectivity index (χ0v) is 11.5. The fourth-order valence-corrected chi connectivity index (χ4v) is 1.38. The van der Waals surface area contributed by atoms with Gasteiger partial charge in [-0.1, -0.05) is 34.6 Å². The summed E-state index contributed by atoms with van der Waals surface area (Å²) in [5.74, 6) is 2.81. The molecule has 0 atom stereocenters. The van der Waals surface area contributed by atoms with Crippen LogP contribution in [0.25, 0.3) is 0 Å². The third-order valence-corrected chi connectivity index (χ3v) is 2.44. The minimum atomic E-state index is -0.0795. The van der Waals surface area contributed by atoms with Gasteiger partial charge in [-0.05, 0) is 12.3 Å². The molecule has 4 nitrogen and oxygen atoms in total. The van der Waals surface area contributed by atoms with Crippen LogP contribution in [-0.2, 0) is 5.41 Å².